The van der Waals surface area contributed by atoms with Crippen molar-refractivity contribution in [1.82, 2.24) is 15.1 Å². The van der Waals surface area contributed by atoms with E-state index in [4.69, 9.17) is 0 Å². The fraction of sp³-hybridized carbons (Fsp3) is 0.615. The third kappa shape index (κ3) is 3.56. The highest BCUT2D eigenvalue weighted by molar-refractivity contribution is 5.75. The average molecular weight is 264 g/mol. The Morgan fingerprint density at radius 2 is 2.37 bits per heavy atom. The topological polar surface area (TPSA) is 76.0 Å². The van der Waals surface area contributed by atoms with E-state index in [-0.39, 0.29) is 18.0 Å². The zero-order valence-electron chi connectivity index (χ0n) is 11.4. The molecule has 1 aliphatic heterocycles. The van der Waals surface area contributed by atoms with Gasteiger partial charge in [0.1, 0.15) is 6.54 Å². The standard InChI is InChI=1S/C13H20N4O2/c1-9(2)7-15-12(18)8-17-13(19)6-11-10(16-17)4-3-5-14-11/h6,9,14H,3-5,7-8H2,1-2H3,(H,15,18). The van der Waals surface area contributed by atoms with Crippen LogP contribution in [0.15, 0.2) is 10.9 Å². The Hall–Kier alpha value is -1.85. The summed E-state index contributed by atoms with van der Waals surface area (Å²) in [7, 11) is 0. The van der Waals surface area contributed by atoms with E-state index in [2.05, 4.69) is 15.7 Å². The third-order valence-corrected chi connectivity index (χ3v) is 2.98. The van der Waals surface area contributed by atoms with Crippen molar-refractivity contribution in [3.05, 3.63) is 22.1 Å². The van der Waals surface area contributed by atoms with Crippen molar-refractivity contribution in [2.45, 2.75) is 33.2 Å². The highest BCUT2D eigenvalue weighted by Crippen LogP contribution is 2.16. The van der Waals surface area contributed by atoms with Crippen molar-refractivity contribution in [3.63, 3.8) is 0 Å². The van der Waals surface area contributed by atoms with Gasteiger partial charge < -0.3 is 10.6 Å². The Morgan fingerprint density at radius 1 is 1.58 bits per heavy atom. The summed E-state index contributed by atoms with van der Waals surface area (Å²) in [6.07, 6.45) is 1.84. The predicted molar refractivity (Wildman–Crippen MR) is 73.2 cm³/mol. The van der Waals surface area contributed by atoms with E-state index >= 15 is 0 Å². The van der Waals surface area contributed by atoms with Crippen LogP contribution in [-0.4, -0.2) is 28.8 Å². The van der Waals surface area contributed by atoms with Gasteiger partial charge in [-0.05, 0) is 18.8 Å². The second kappa shape index (κ2) is 5.86. The molecule has 1 aliphatic rings. The third-order valence-electron chi connectivity index (χ3n) is 2.98. The molecule has 0 unspecified atom stereocenters. The second-order valence-electron chi connectivity index (χ2n) is 5.23. The number of hydrogen-bond donors (Lipinski definition) is 2. The Morgan fingerprint density at radius 3 is 3.11 bits per heavy atom. The van der Waals surface area contributed by atoms with Crippen molar-refractivity contribution in [2.24, 2.45) is 5.92 Å². The van der Waals surface area contributed by atoms with Gasteiger partial charge in [0, 0.05) is 19.2 Å². The molecule has 0 saturated heterocycles. The summed E-state index contributed by atoms with van der Waals surface area (Å²) >= 11 is 0. The van der Waals surface area contributed by atoms with Crippen molar-refractivity contribution < 1.29 is 4.79 Å². The number of aromatic nitrogens is 2. The van der Waals surface area contributed by atoms with Gasteiger partial charge in [0.15, 0.2) is 0 Å². The maximum Gasteiger partial charge on any atom is 0.269 e. The summed E-state index contributed by atoms with van der Waals surface area (Å²) in [5, 5.41) is 10.2. The van der Waals surface area contributed by atoms with E-state index in [0.717, 1.165) is 30.8 Å². The highest BCUT2D eigenvalue weighted by Gasteiger charge is 2.14. The van der Waals surface area contributed by atoms with E-state index in [1.807, 2.05) is 13.8 Å². The van der Waals surface area contributed by atoms with Crippen LogP contribution in [0.4, 0.5) is 5.69 Å². The van der Waals surface area contributed by atoms with Crippen LogP contribution in [-0.2, 0) is 17.8 Å². The normalized spacial score (nSPS) is 13.8. The lowest BCUT2D eigenvalue weighted by molar-refractivity contribution is -0.122. The summed E-state index contributed by atoms with van der Waals surface area (Å²) in [5.74, 6) is 0.216. The number of nitrogens with zero attached hydrogens (tertiary/aromatic N) is 2. The van der Waals surface area contributed by atoms with Gasteiger partial charge in [-0.1, -0.05) is 13.8 Å². The molecule has 0 fully saturated rings. The Bertz CT molecular complexity index is 522. The summed E-state index contributed by atoms with van der Waals surface area (Å²) in [4.78, 5) is 23.6. The van der Waals surface area contributed by atoms with E-state index in [1.165, 1.54) is 10.7 Å². The zero-order valence-corrected chi connectivity index (χ0v) is 11.4. The Labute approximate surface area is 112 Å². The molecule has 6 nitrogen and oxygen atoms in total. The molecular weight excluding hydrogens is 244 g/mol. The predicted octanol–water partition coefficient (Wildman–Crippen LogP) is 0.374. The van der Waals surface area contributed by atoms with E-state index < -0.39 is 0 Å². The first kappa shape index (κ1) is 13.6. The molecule has 1 aromatic heterocycles. The molecule has 0 saturated carbocycles. The molecule has 6 heteroatoms. The number of carbonyl (C=O) groups excluding carboxylic acids is 1. The molecule has 19 heavy (non-hydrogen) atoms. The quantitative estimate of drug-likeness (QED) is 0.824. The summed E-state index contributed by atoms with van der Waals surface area (Å²) in [5.41, 5.74) is 1.42. The molecule has 0 aliphatic carbocycles. The minimum atomic E-state index is -0.243. The molecule has 2 heterocycles. The zero-order chi connectivity index (χ0) is 13.8. The number of anilines is 1. The molecule has 0 bridgehead atoms. The molecule has 1 aromatic rings. The van der Waals surface area contributed by atoms with Gasteiger partial charge in [0.2, 0.25) is 5.91 Å². The minimum absolute atomic E-state index is 0.0150. The lowest BCUT2D eigenvalue weighted by Crippen LogP contribution is -2.36. The van der Waals surface area contributed by atoms with E-state index in [0.29, 0.717) is 12.5 Å². The molecule has 2 rings (SSSR count). The van der Waals surface area contributed by atoms with Crippen molar-refractivity contribution in [2.75, 3.05) is 18.4 Å². The minimum Gasteiger partial charge on any atom is -0.383 e. The van der Waals surface area contributed by atoms with Crippen LogP contribution in [0, 0.1) is 5.92 Å². The fourth-order valence-corrected chi connectivity index (χ4v) is 1.97. The van der Waals surface area contributed by atoms with Crippen LogP contribution in [0.5, 0.6) is 0 Å². The molecule has 0 aromatic carbocycles. The maximum absolute atomic E-state index is 11.8. The first-order valence-corrected chi connectivity index (χ1v) is 6.68. The Balaban J connectivity index is 2.08. The smallest absolute Gasteiger partial charge is 0.269 e. The Kier molecular flexibility index (Phi) is 4.19. The van der Waals surface area contributed by atoms with Crippen LogP contribution in [0.1, 0.15) is 26.0 Å². The first-order chi connectivity index (χ1) is 9.06. The van der Waals surface area contributed by atoms with Gasteiger partial charge in [-0.25, -0.2) is 4.68 Å². The molecular formula is C13H20N4O2. The molecule has 104 valence electrons. The van der Waals surface area contributed by atoms with Crippen molar-refractivity contribution >= 4 is 11.6 Å². The SMILES string of the molecule is CC(C)CNC(=O)Cn1nc2c(cc1=O)NCCC2. The van der Waals surface area contributed by atoms with Gasteiger partial charge in [-0.15, -0.1) is 0 Å². The average Bonchev–Trinajstić information content (AvgIpc) is 2.37. The monoisotopic (exact) mass is 264 g/mol. The summed E-state index contributed by atoms with van der Waals surface area (Å²) in [6, 6.07) is 1.53. The van der Waals surface area contributed by atoms with E-state index in [9.17, 15) is 9.59 Å². The van der Waals surface area contributed by atoms with Gasteiger partial charge in [0.25, 0.3) is 5.56 Å². The van der Waals surface area contributed by atoms with Crippen LogP contribution in [0.25, 0.3) is 0 Å². The molecule has 0 spiro atoms. The maximum atomic E-state index is 11.8. The van der Waals surface area contributed by atoms with Crippen molar-refractivity contribution in [3.8, 4) is 0 Å². The van der Waals surface area contributed by atoms with Crippen LogP contribution >= 0.6 is 0 Å². The number of aryl methyl sites for hydroxylation is 1. The van der Waals surface area contributed by atoms with Gasteiger partial charge >= 0.3 is 0 Å². The number of amides is 1. The number of fused-ring (bicyclic) bond motifs is 1. The van der Waals surface area contributed by atoms with Crippen LogP contribution < -0.4 is 16.2 Å². The highest BCUT2D eigenvalue weighted by atomic mass is 16.2. The number of nitrogens with one attached hydrogen (secondary N) is 2. The number of carbonyl (C=O) groups is 1. The number of rotatable bonds is 4. The van der Waals surface area contributed by atoms with Crippen LogP contribution in [0.3, 0.4) is 0 Å². The lowest BCUT2D eigenvalue weighted by atomic mass is 10.1. The van der Waals surface area contributed by atoms with Crippen LogP contribution in [0.2, 0.25) is 0 Å². The number of hydrogen-bond acceptors (Lipinski definition) is 4. The molecule has 0 atom stereocenters. The largest absolute Gasteiger partial charge is 0.383 e. The van der Waals surface area contributed by atoms with Crippen molar-refractivity contribution in [1.29, 1.82) is 0 Å². The summed E-state index contributed by atoms with van der Waals surface area (Å²) < 4.78 is 1.24. The van der Waals surface area contributed by atoms with E-state index in [1.54, 1.807) is 0 Å². The summed E-state index contributed by atoms with van der Waals surface area (Å²) in [6.45, 7) is 5.51. The van der Waals surface area contributed by atoms with Gasteiger partial charge in [0.05, 0.1) is 11.4 Å². The first-order valence-electron chi connectivity index (χ1n) is 6.68. The second-order valence-corrected chi connectivity index (χ2v) is 5.23. The molecule has 1 amide bonds. The lowest BCUT2D eigenvalue weighted by Gasteiger charge is -2.17. The fourth-order valence-electron chi connectivity index (χ4n) is 1.97. The van der Waals surface area contributed by atoms with Gasteiger partial charge in [-0.3, -0.25) is 9.59 Å². The molecule has 0 radical (unpaired) electrons. The van der Waals surface area contributed by atoms with Gasteiger partial charge in [-0.2, -0.15) is 5.10 Å². The molecule has 2 N–H and O–H groups in total.